The summed E-state index contributed by atoms with van der Waals surface area (Å²) in [4.78, 5) is 19.4. The van der Waals surface area contributed by atoms with Crippen LogP contribution in [0.25, 0.3) is 11.1 Å². The van der Waals surface area contributed by atoms with Gasteiger partial charge in [-0.3, -0.25) is 9.69 Å². The molecule has 0 N–H and O–H groups in total. The Bertz CT molecular complexity index is 738. The number of carbonyl (C=O) groups is 1. The van der Waals surface area contributed by atoms with E-state index in [0.29, 0.717) is 12.4 Å². The zero-order valence-corrected chi connectivity index (χ0v) is 15.6. The van der Waals surface area contributed by atoms with Gasteiger partial charge in [0.05, 0.1) is 7.11 Å². The molecular weight excluding hydrogens is 324 g/mol. The molecule has 1 radical (unpaired) electrons. The molecule has 1 aromatic heterocycles. The summed E-state index contributed by atoms with van der Waals surface area (Å²) in [5.41, 5.74) is 2.01. The summed E-state index contributed by atoms with van der Waals surface area (Å²) in [7, 11) is 1.67. The van der Waals surface area contributed by atoms with Crippen LogP contribution >= 0.6 is 0 Å². The van der Waals surface area contributed by atoms with E-state index in [-0.39, 0.29) is 11.8 Å². The Morgan fingerprint density at radius 1 is 1.23 bits per heavy atom. The molecule has 1 fully saturated rings. The fourth-order valence-corrected chi connectivity index (χ4v) is 3.67. The number of hydrogen-bond donors (Lipinski definition) is 0. The minimum absolute atomic E-state index is 0.125. The van der Waals surface area contributed by atoms with Crippen LogP contribution in [0.15, 0.2) is 42.6 Å². The van der Waals surface area contributed by atoms with Gasteiger partial charge < -0.3 is 4.74 Å². The first kappa shape index (κ1) is 18.4. The highest BCUT2D eigenvalue weighted by atomic mass is 16.5. The van der Waals surface area contributed by atoms with E-state index in [1.54, 1.807) is 13.3 Å². The number of carbonyl (C=O) groups excluding carboxylic acids is 1. The van der Waals surface area contributed by atoms with Crippen LogP contribution in [0.3, 0.4) is 0 Å². The lowest BCUT2D eigenvalue weighted by Gasteiger charge is -2.28. The number of nitrogens with zero attached hydrogens (tertiary/aromatic N) is 2. The molecule has 137 valence electrons. The fraction of sp³-hybridized carbons (Fsp3) is 0.409. The Kier molecular flexibility index (Phi) is 6.26. The molecule has 1 heterocycles. The standard InChI is InChI=1S/C22H27N2O2/c1-3-15-24(22(25)17-9-5-4-6-10-17)21-16-18(13-14-23-21)19-11-7-8-12-20(19)26-2/h3,7-8,11-14,16-17H,4-6,9-10,15H2,1-2H3. The third-order valence-corrected chi connectivity index (χ3v) is 5.03. The molecule has 1 aliphatic carbocycles. The van der Waals surface area contributed by atoms with Crippen molar-refractivity contribution in [3.05, 3.63) is 49.0 Å². The van der Waals surface area contributed by atoms with E-state index in [2.05, 4.69) is 4.98 Å². The predicted molar refractivity (Wildman–Crippen MR) is 105 cm³/mol. The number of amides is 1. The number of methoxy groups -OCH3 is 1. The van der Waals surface area contributed by atoms with Crippen LogP contribution in [0.1, 0.15) is 39.0 Å². The van der Waals surface area contributed by atoms with Gasteiger partial charge in [-0.2, -0.15) is 0 Å². The number of hydrogen-bond acceptors (Lipinski definition) is 3. The Morgan fingerprint density at radius 3 is 2.73 bits per heavy atom. The second-order valence-electron chi connectivity index (χ2n) is 6.80. The van der Waals surface area contributed by atoms with Gasteiger partial charge in [0.2, 0.25) is 5.91 Å². The lowest BCUT2D eigenvalue weighted by Crippen LogP contribution is -2.38. The Morgan fingerprint density at radius 2 is 2.00 bits per heavy atom. The first-order valence-electron chi connectivity index (χ1n) is 9.43. The number of benzene rings is 1. The molecule has 0 atom stereocenters. The SMILES string of the molecule is C[CH]CN(C(=O)C1CCCCC1)c1cc(-c2ccccc2OC)ccn1. The van der Waals surface area contributed by atoms with E-state index in [9.17, 15) is 4.79 Å². The van der Waals surface area contributed by atoms with Gasteiger partial charge in [0.1, 0.15) is 11.6 Å². The van der Waals surface area contributed by atoms with E-state index in [0.717, 1.165) is 42.6 Å². The van der Waals surface area contributed by atoms with Gasteiger partial charge >= 0.3 is 0 Å². The van der Waals surface area contributed by atoms with Crippen LogP contribution in [0.5, 0.6) is 5.75 Å². The van der Waals surface area contributed by atoms with Crippen molar-refractivity contribution in [2.24, 2.45) is 5.92 Å². The van der Waals surface area contributed by atoms with E-state index < -0.39 is 0 Å². The van der Waals surface area contributed by atoms with Crippen molar-refractivity contribution in [1.29, 1.82) is 0 Å². The van der Waals surface area contributed by atoms with E-state index in [4.69, 9.17) is 4.74 Å². The van der Waals surface area contributed by atoms with Crippen molar-refractivity contribution in [1.82, 2.24) is 4.98 Å². The van der Waals surface area contributed by atoms with Crippen LogP contribution in [0, 0.1) is 12.3 Å². The first-order chi connectivity index (χ1) is 12.7. The van der Waals surface area contributed by atoms with Crippen molar-refractivity contribution in [3.8, 4) is 16.9 Å². The molecule has 0 aliphatic heterocycles. The number of aromatic nitrogens is 1. The van der Waals surface area contributed by atoms with Crippen LogP contribution < -0.4 is 9.64 Å². The molecule has 0 bridgehead atoms. The maximum atomic E-state index is 13.1. The van der Waals surface area contributed by atoms with Gasteiger partial charge in [-0.05, 0) is 43.0 Å². The molecule has 1 amide bonds. The summed E-state index contributed by atoms with van der Waals surface area (Å²) in [5, 5.41) is 0. The van der Waals surface area contributed by atoms with Crippen molar-refractivity contribution in [3.63, 3.8) is 0 Å². The molecule has 1 saturated carbocycles. The van der Waals surface area contributed by atoms with Crippen LogP contribution in [0.2, 0.25) is 0 Å². The van der Waals surface area contributed by atoms with Crippen molar-refractivity contribution in [2.75, 3.05) is 18.6 Å². The number of ether oxygens (including phenoxy) is 1. The minimum atomic E-state index is 0.125. The summed E-state index contributed by atoms with van der Waals surface area (Å²) >= 11 is 0. The Labute approximate surface area is 156 Å². The summed E-state index contributed by atoms with van der Waals surface area (Å²) in [6, 6.07) is 11.9. The molecule has 3 rings (SSSR count). The number of pyridine rings is 1. The first-order valence-corrected chi connectivity index (χ1v) is 9.43. The second-order valence-corrected chi connectivity index (χ2v) is 6.80. The van der Waals surface area contributed by atoms with Gasteiger partial charge in [0, 0.05) is 24.2 Å². The summed E-state index contributed by atoms with van der Waals surface area (Å²) < 4.78 is 5.48. The van der Waals surface area contributed by atoms with E-state index >= 15 is 0 Å². The van der Waals surface area contributed by atoms with Crippen molar-refractivity contribution in [2.45, 2.75) is 39.0 Å². The molecular formula is C22H27N2O2. The average molecular weight is 351 g/mol. The highest BCUT2D eigenvalue weighted by Crippen LogP contribution is 2.32. The van der Waals surface area contributed by atoms with Crippen LogP contribution in [-0.4, -0.2) is 24.5 Å². The summed E-state index contributed by atoms with van der Waals surface area (Å²) in [6.45, 7) is 2.56. The maximum Gasteiger partial charge on any atom is 0.231 e. The van der Waals surface area contributed by atoms with E-state index in [1.807, 2.05) is 54.6 Å². The van der Waals surface area contributed by atoms with E-state index in [1.165, 1.54) is 6.42 Å². The molecule has 0 spiro atoms. The predicted octanol–water partition coefficient (Wildman–Crippen LogP) is 4.89. The molecule has 26 heavy (non-hydrogen) atoms. The largest absolute Gasteiger partial charge is 0.496 e. The minimum Gasteiger partial charge on any atom is -0.496 e. The molecule has 0 unspecified atom stereocenters. The van der Waals surface area contributed by atoms with Gasteiger partial charge in [-0.15, -0.1) is 0 Å². The Hall–Kier alpha value is -2.36. The molecule has 0 saturated heterocycles. The summed E-state index contributed by atoms with van der Waals surface area (Å²) in [6.07, 6.45) is 9.30. The summed E-state index contributed by atoms with van der Waals surface area (Å²) in [5.74, 6) is 1.85. The van der Waals surface area contributed by atoms with Crippen LogP contribution in [0.4, 0.5) is 5.82 Å². The molecule has 1 aliphatic rings. The fourth-order valence-electron chi connectivity index (χ4n) is 3.67. The maximum absolute atomic E-state index is 13.1. The molecule has 1 aromatic carbocycles. The lowest BCUT2D eigenvalue weighted by atomic mass is 9.88. The van der Waals surface area contributed by atoms with Gasteiger partial charge in [-0.1, -0.05) is 44.4 Å². The molecule has 2 aromatic rings. The topological polar surface area (TPSA) is 42.4 Å². The van der Waals surface area contributed by atoms with Crippen LogP contribution in [-0.2, 0) is 4.79 Å². The average Bonchev–Trinajstić information content (AvgIpc) is 2.72. The Balaban J connectivity index is 1.91. The zero-order valence-electron chi connectivity index (χ0n) is 15.6. The normalized spacial score (nSPS) is 14.8. The highest BCUT2D eigenvalue weighted by molar-refractivity contribution is 5.95. The van der Waals surface area contributed by atoms with Crippen molar-refractivity contribution < 1.29 is 9.53 Å². The number of anilines is 1. The molecule has 4 nitrogen and oxygen atoms in total. The lowest BCUT2D eigenvalue weighted by molar-refractivity contribution is -0.123. The third kappa shape index (κ3) is 4.06. The van der Waals surface area contributed by atoms with Gasteiger partial charge in [-0.25, -0.2) is 4.98 Å². The zero-order chi connectivity index (χ0) is 18.4. The van der Waals surface area contributed by atoms with Gasteiger partial charge in [0.15, 0.2) is 0 Å². The molecule has 4 heteroatoms. The highest BCUT2D eigenvalue weighted by Gasteiger charge is 2.27. The van der Waals surface area contributed by atoms with Crippen molar-refractivity contribution >= 4 is 11.7 Å². The number of para-hydroxylation sites is 1. The number of rotatable bonds is 6. The third-order valence-electron chi connectivity index (χ3n) is 5.03. The smallest absolute Gasteiger partial charge is 0.231 e. The van der Waals surface area contributed by atoms with Gasteiger partial charge in [0.25, 0.3) is 0 Å². The second kappa shape index (κ2) is 8.84. The monoisotopic (exact) mass is 351 g/mol. The quantitative estimate of drug-likeness (QED) is 0.744.